The normalized spacial score (nSPS) is 16.6. The Hall–Kier alpha value is -3.15. The van der Waals surface area contributed by atoms with Gasteiger partial charge in [0, 0.05) is 61.5 Å². The minimum absolute atomic E-state index is 0.000199. The van der Waals surface area contributed by atoms with Gasteiger partial charge in [0.1, 0.15) is 0 Å². The van der Waals surface area contributed by atoms with Crippen LogP contribution in [-0.4, -0.2) is 39.9 Å². The molecule has 1 aliphatic heterocycles. The van der Waals surface area contributed by atoms with Gasteiger partial charge in [0.15, 0.2) is 0 Å². The Morgan fingerprint density at radius 1 is 1.19 bits per heavy atom. The molecule has 6 nitrogen and oxygen atoms in total. The average Bonchev–Trinajstić information content (AvgIpc) is 3.05. The van der Waals surface area contributed by atoms with Gasteiger partial charge in [-0.2, -0.15) is 0 Å². The predicted molar refractivity (Wildman–Crippen MR) is 103 cm³/mol. The first-order valence-corrected chi connectivity index (χ1v) is 9.12. The van der Waals surface area contributed by atoms with Gasteiger partial charge in [-0.3, -0.25) is 14.6 Å². The van der Waals surface area contributed by atoms with Crippen molar-refractivity contribution in [3.05, 3.63) is 66.1 Å². The topological polar surface area (TPSA) is 67.2 Å². The Morgan fingerprint density at radius 3 is 2.93 bits per heavy atom. The van der Waals surface area contributed by atoms with E-state index in [1.807, 2.05) is 53.6 Å². The number of fused-ring (bicyclic) bond motifs is 2. The SMILES string of the molecule is CNC(=O)CC1CN(C(=O)c2ccc3ncccc3c2)Cc2cccn2C1. The Bertz CT molecular complexity index is 995. The van der Waals surface area contributed by atoms with Gasteiger partial charge in [0.25, 0.3) is 5.91 Å². The zero-order chi connectivity index (χ0) is 18.8. The summed E-state index contributed by atoms with van der Waals surface area (Å²) < 4.78 is 2.14. The molecule has 2 aromatic heterocycles. The van der Waals surface area contributed by atoms with E-state index in [1.54, 1.807) is 13.2 Å². The summed E-state index contributed by atoms with van der Waals surface area (Å²) in [6.07, 6.45) is 4.16. The first kappa shape index (κ1) is 17.3. The highest BCUT2D eigenvalue weighted by Gasteiger charge is 2.27. The van der Waals surface area contributed by atoms with Crippen LogP contribution in [0.15, 0.2) is 54.9 Å². The Kier molecular flexibility index (Phi) is 4.62. The highest BCUT2D eigenvalue weighted by atomic mass is 16.2. The zero-order valence-corrected chi connectivity index (χ0v) is 15.3. The van der Waals surface area contributed by atoms with E-state index in [4.69, 9.17) is 0 Å². The third-order valence-electron chi connectivity index (χ3n) is 5.10. The fraction of sp³-hybridized carbons (Fsp3) is 0.286. The second-order valence-electron chi connectivity index (χ2n) is 6.99. The summed E-state index contributed by atoms with van der Waals surface area (Å²) in [6, 6.07) is 13.5. The summed E-state index contributed by atoms with van der Waals surface area (Å²) in [7, 11) is 1.64. The van der Waals surface area contributed by atoms with Crippen LogP contribution in [0.3, 0.4) is 0 Å². The minimum Gasteiger partial charge on any atom is -0.359 e. The maximum atomic E-state index is 13.2. The van der Waals surface area contributed by atoms with Gasteiger partial charge < -0.3 is 14.8 Å². The fourth-order valence-electron chi connectivity index (χ4n) is 3.72. The molecule has 1 atom stereocenters. The number of benzene rings is 1. The summed E-state index contributed by atoms with van der Waals surface area (Å²) in [4.78, 5) is 31.3. The first-order valence-electron chi connectivity index (χ1n) is 9.12. The van der Waals surface area contributed by atoms with Gasteiger partial charge >= 0.3 is 0 Å². The number of amides is 2. The lowest BCUT2D eigenvalue weighted by Gasteiger charge is -2.24. The van der Waals surface area contributed by atoms with Crippen molar-refractivity contribution in [2.45, 2.75) is 19.5 Å². The quantitative estimate of drug-likeness (QED) is 0.778. The van der Waals surface area contributed by atoms with Crippen molar-refractivity contribution in [1.29, 1.82) is 0 Å². The van der Waals surface area contributed by atoms with Crippen LogP contribution in [0.4, 0.5) is 0 Å². The van der Waals surface area contributed by atoms with E-state index in [1.165, 1.54) is 0 Å². The Labute approximate surface area is 157 Å². The van der Waals surface area contributed by atoms with Crippen LogP contribution < -0.4 is 5.32 Å². The van der Waals surface area contributed by atoms with Crippen molar-refractivity contribution in [2.75, 3.05) is 13.6 Å². The third kappa shape index (κ3) is 3.56. The molecule has 3 heterocycles. The molecule has 0 aliphatic carbocycles. The molecule has 1 unspecified atom stereocenters. The summed E-state index contributed by atoms with van der Waals surface area (Å²) in [6.45, 7) is 1.83. The van der Waals surface area contributed by atoms with Crippen molar-refractivity contribution in [2.24, 2.45) is 5.92 Å². The van der Waals surface area contributed by atoms with E-state index in [2.05, 4.69) is 14.9 Å². The summed E-state index contributed by atoms with van der Waals surface area (Å²) in [5.41, 5.74) is 2.61. The zero-order valence-electron chi connectivity index (χ0n) is 15.3. The van der Waals surface area contributed by atoms with Gasteiger partial charge in [-0.05, 0) is 36.4 Å². The second-order valence-corrected chi connectivity index (χ2v) is 6.99. The molecule has 0 saturated heterocycles. The molecule has 138 valence electrons. The van der Waals surface area contributed by atoms with Crippen LogP contribution in [0.2, 0.25) is 0 Å². The number of pyridine rings is 1. The molecule has 0 bridgehead atoms. The number of aromatic nitrogens is 2. The molecule has 1 aliphatic rings. The van der Waals surface area contributed by atoms with E-state index in [-0.39, 0.29) is 17.7 Å². The summed E-state index contributed by atoms with van der Waals surface area (Å²) in [5.74, 6) is 0.0572. The highest BCUT2D eigenvalue weighted by Crippen LogP contribution is 2.22. The van der Waals surface area contributed by atoms with Gasteiger partial charge in [-0.1, -0.05) is 6.07 Å². The molecule has 4 rings (SSSR count). The lowest BCUT2D eigenvalue weighted by Crippen LogP contribution is -2.35. The van der Waals surface area contributed by atoms with Gasteiger partial charge in [0.05, 0.1) is 12.1 Å². The molecule has 1 N–H and O–H groups in total. The molecule has 1 aromatic carbocycles. The van der Waals surface area contributed by atoms with E-state index < -0.39 is 0 Å². The average molecular weight is 362 g/mol. The molecular formula is C21H22N4O2. The maximum absolute atomic E-state index is 13.2. The van der Waals surface area contributed by atoms with Gasteiger partial charge in [-0.25, -0.2) is 0 Å². The fourth-order valence-corrected chi connectivity index (χ4v) is 3.72. The predicted octanol–water partition coefficient (Wildman–Crippen LogP) is 2.44. The maximum Gasteiger partial charge on any atom is 0.254 e. The molecule has 0 fully saturated rings. The van der Waals surface area contributed by atoms with Crippen LogP contribution in [0.1, 0.15) is 22.5 Å². The molecule has 27 heavy (non-hydrogen) atoms. The number of rotatable bonds is 3. The van der Waals surface area contributed by atoms with Crippen molar-refractivity contribution in [3.8, 4) is 0 Å². The summed E-state index contributed by atoms with van der Waals surface area (Å²) >= 11 is 0. The molecule has 3 aromatic rings. The lowest BCUT2D eigenvalue weighted by molar-refractivity contribution is -0.121. The van der Waals surface area contributed by atoms with Crippen molar-refractivity contribution in [3.63, 3.8) is 0 Å². The lowest BCUT2D eigenvalue weighted by atomic mass is 10.0. The summed E-state index contributed by atoms with van der Waals surface area (Å²) in [5, 5.41) is 3.64. The molecule has 0 spiro atoms. The number of carbonyl (C=O) groups is 2. The largest absolute Gasteiger partial charge is 0.359 e. The van der Waals surface area contributed by atoms with Crippen molar-refractivity contribution >= 4 is 22.7 Å². The molecule has 0 radical (unpaired) electrons. The molecule has 2 amide bonds. The first-order chi connectivity index (χ1) is 13.1. The second kappa shape index (κ2) is 7.23. The molecular weight excluding hydrogens is 340 g/mol. The van der Waals surface area contributed by atoms with Crippen LogP contribution in [0, 0.1) is 5.92 Å². The number of nitrogens with zero attached hydrogens (tertiary/aromatic N) is 3. The standard InChI is InChI=1S/C21H22N4O2/c1-22-20(26)10-15-12-24-9-3-5-18(24)14-25(13-15)21(27)17-6-7-19-16(11-17)4-2-8-23-19/h2-9,11,15H,10,12-14H2,1H3,(H,22,26). The van der Waals surface area contributed by atoms with Crippen LogP contribution in [-0.2, 0) is 17.9 Å². The van der Waals surface area contributed by atoms with Crippen molar-refractivity contribution in [1.82, 2.24) is 19.8 Å². The van der Waals surface area contributed by atoms with E-state index >= 15 is 0 Å². The van der Waals surface area contributed by atoms with Gasteiger partial charge in [-0.15, -0.1) is 0 Å². The van der Waals surface area contributed by atoms with Crippen LogP contribution in [0.25, 0.3) is 10.9 Å². The highest BCUT2D eigenvalue weighted by molar-refractivity contribution is 5.98. The number of hydrogen-bond acceptors (Lipinski definition) is 3. The minimum atomic E-state index is -0.0164. The van der Waals surface area contributed by atoms with E-state index in [0.29, 0.717) is 25.1 Å². The molecule has 6 heteroatoms. The number of nitrogens with one attached hydrogen (secondary N) is 1. The molecule has 0 saturated carbocycles. The van der Waals surface area contributed by atoms with Crippen molar-refractivity contribution < 1.29 is 9.59 Å². The smallest absolute Gasteiger partial charge is 0.254 e. The number of carbonyl (C=O) groups excluding carboxylic acids is 2. The Morgan fingerprint density at radius 2 is 2.07 bits per heavy atom. The Balaban J connectivity index is 1.63. The monoisotopic (exact) mass is 362 g/mol. The van der Waals surface area contributed by atoms with Gasteiger partial charge in [0.2, 0.25) is 5.91 Å². The van der Waals surface area contributed by atoms with Crippen LogP contribution >= 0.6 is 0 Å². The van der Waals surface area contributed by atoms with Crippen LogP contribution in [0.5, 0.6) is 0 Å². The van der Waals surface area contributed by atoms with E-state index in [9.17, 15) is 9.59 Å². The number of hydrogen-bond donors (Lipinski definition) is 1. The van der Waals surface area contributed by atoms with E-state index in [0.717, 1.165) is 23.1 Å². The third-order valence-corrected chi connectivity index (χ3v) is 5.10.